The first kappa shape index (κ1) is 21.3. The number of nitrogens with zero attached hydrogens (tertiary/aromatic N) is 4. The van der Waals surface area contributed by atoms with Crippen LogP contribution in [0.2, 0.25) is 5.02 Å². The molecule has 10 heteroatoms. The quantitative estimate of drug-likeness (QED) is 0.643. The van der Waals surface area contributed by atoms with Gasteiger partial charge in [-0.05, 0) is 37.6 Å². The first-order valence-corrected chi connectivity index (χ1v) is 10.2. The van der Waals surface area contributed by atoms with E-state index < -0.39 is 17.5 Å². The maximum absolute atomic E-state index is 13.7. The van der Waals surface area contributed by atoms with Gasteiger partial charge in [0.1, 0.15) is 0 Å². The Morgan fingerprint density at radius 3 is 2.77 bits per heavy atom. The second-order valence-electron chi connectivity index (χ2n) is 7.51. The molecule has 4 rings (SSSR count). The molecule has 2 N–H and O–H groups in total. The predicted molar refractivity (Wildman–Crippen MR) is 112 cm³/mol. The molecule has 2 aromatic heterocycles. The Balaban J connectivity index is 1.55. The highest BCUT2D eigenvalue weighted by atomic mass is 35.5. The van der Waals surface area contributed by atoms with Crippen molar-refractivity contribution in [3.63, 3.8) is 0 Å². The Kier molecular flexibility index (Phi) is 5.97. The normalized spacial score (nSPS) is 18.7. The zero-order valence-corrected chi connectivity index (χ0v) is 17.7. The molecule has 0 saturated carbocycles. The van der Waals surface area contributed by atoms with Crippen LogP contribution in [-0.2, 0) is 7.05 Å². The molecule has 1 fully saturated rings. The van der Waals surface area contributed by atoms with Gasteiger partial charge in [-0.3, -0.25) is 9.48 Å². The number of nitrogens with one attached hydrogen (secondary N) is 2. The fraction of sp³-hybridized carbons (Fsp3) is 0.333. The summed E-state index contributed by atoms with van der Waals surface area (Å²) in [6.45, 7) is 2.98. The van der Waals surface area contributed by atoms with Crippen LogP contribution in [0.1, 0.15) is 34.2 Å². The molecular formula is C21H21ClF2N6O. The number of aryl methyl sites for hydroxylation is 2. The van der Waals surface area contributed by atoms with Crippen LogP contribution in [-0.4, -0.2) is 44.8 Å². The van der Waals surface area contributed by atoms with Crippen molar-refractivity contribution in [3.8, 4) is 11.3 Å². The topological polar surface area (TPSA) is 84.7 Å². The maximum atomic E-state index is 13.7. The Morgan fingerprint density at radius 2 is 2.10 bits per heavy atom. The zero-order valence-electron chi connectivity index (χ0n) is 17.0. The minimum Gasteiger partial charge on any atom is -0.345 e. The smallest absolute Gasteiger partial charge is 0.289 e. The van der Waals surface area contributed by atoms with Gasteiger partial charge in [0.05, 0.1) is 22.6 Å². The minimum atomic E-state index is -0.899. The Bertz CT molecular complexity index is 1120. The first-order chi connectivity index (χ1) is 14.8. The molecule has 0 aliphatic carbocycles. The van der Waals surface area contributed by atoms with Crippen molar-refractivity contribution in [2.45, 2.75) is 25.3 Å². The number of halogens is 3. The number of carbonyl (C=O) groups excluding carboxylic acids is 1. The molecule has 0 spiro atoms. The molecule has 162 valence electrons. The number of piperidine rings is 1. The third-order valence-electron chi connectivity index (χ3n) is 5.50. The first-order valence-electron chi connectivity index (χ1n) is 9.83. The molecule has 0 unspecified atom stereocenters. The molecule has 7 nitrogen and oxygen atoms in total. The lowest BCUT2D eigenvalue weighted by Crippen LogP contribution is -2.50. The summed E-state index contributed by atoms with van der Waals surface area (Å²) in [5.41, 5.74) is 2.58. The minimum absolute atomic E-state index is 0.0224. The van der Waals surface area contributed by atoms with E-state index in [1.165, 1.54) is 12.3 Å². The number of amides is 1. The lowest BCUT2D eigenvalue weighted by molar-refractivity contribution is 0.0913. The van der Waals surface area contributed by atoms with E-state index >= 15 is 0 Å². The number of aromatic nitrogens is 4. The van der Waals surface area contributed by atoms with E-state index in [0.717, 1.165) is 6.07 Å². The average Bonchev–Trinajstić information content (AvgIpc) is 3.08. The fourth-order valence-electron chi connectivity index (χ4n) is 3.91. The predicted octanol–water partition coefficient (Wildman–Crippen LogP) is 2.99. The lowest BCUT2D eigenvalue weighted by Gasteiger charge is -2.33. The van der Waals surface area contributed by atoms with Gasteiger partial charge in [0, 0.05) is 37.3 Å². The summed E-state index contributed by atoms with van der Waals surface area (Å²) < 4.78 is 28.7. The molecule has 1 aromatic carbocycles. The van der Waals surface area contributed by atoms with Crippen LogP contribution < -0.4 is 10.6 Å². The van der Waals surface area contributed by atoms with Gasteiger partial charge in [0.25, 0.3) is 5.91 Å². The van der Waals surface area contributed by atoms with Crippen molar-refractivity contribution in [2.75, 3.05) is 13.1 Å². The van der Waals surface area contributed by atoms with Gasteiger partial charge in [-0.2, -0.15) is 5.10 Å². The van der Waals surface area contributed by atoms with E-state index in [-0.39, 0.29) is 17.8 Å². The molecule has 1 aliphatic heterocycles. The summed E-state index contributed by atoms with van der Waals surface area (Å²) in [6.07, 6.45) is 3.76. The Morgan fingerprint density at radius 1 is 1.29 bits per heavy atom. The van der Waals surface area contributed by atoms with Crippen LogP contribution in [0, 0.1) is 18.6 Å². The molecule has 3 aromatic rings. The largest absolute Gasteiger partial charge is 0.345 e. The number of hydrogen-bond acceptors (Lipinski definition) is 5. The molecule has 3 heterocycles. The monoisotopic (exact) mass is 446 g/mol. The van der Waals surface area contributed by atoms with Gasteiger partial charge in [-0.15, -0.1) is 0 Å². The van der Waals surface area contributed by atoms with Gasteiger partial charge < -0.3 is 10.6 Å². The Labute approximate surface area is 182 Å². The standard InChI is InChI=1S/C21H21ClF2N6O/c1-11-14(19-15(22)9-27-30(19)2)8-26-20(28-11)21(31)29-18-10-25-6-5-13(18)12-3-4-16(23)17(24)7-12/h3-4,7-9,13,18,25H,5-6,10H2,1-2H3,(H,29,31)/t13-,18+/m1/s1. The number of benzene rings is 1. The van der Waals surface area contributed by atoms with Crippen molar-refractivity contribution in [1.82, 2.24) is 30.4 Å². The second-order valence-corrected chi connectivity index (χ2v) is 7.92. The van der Waals surface area contributed by atoms with Crippen molar-refractivity contribution >= 4 is 17.5 Å². The van der Waals surface area contributed by atoms with E-state index in [1.807, 2.05) is 0 Å². The van der Waals surface area contributed by atoms with E-state index in [9.17, 15) is 13.6 Å². The van der Waals surface area contributed by atoms with Crippen molar-refractivity contribution in [2.24, 2.45) is 7.05 Å². The van der Waals surface area contributed by atoms with Gasteiger partial charge in [-0.1, -0.05) is 17.7 Å². The molecule has 31 heavy (non-hydrogen) atoms. The molecule has 1 saturated heterocycles. The van der Waals surface area contributed by atoms with Crippen LogP contribution in [0.3, 0.4) is 0 Å². The SMILES string of the molecule is Cc1nc(C(=O)N[C@H]2CNCC[C@@H]2c2ccc(F)c(F)c2)ncc1-c1c(Cl)cnn1C. The van der Waals surface area contributed by atoms with E-state index in [2.05, 4.69) is 25.7 Å². The number of carbonyl (C=O) groups is 1. The highest BCUT2D eigenvalue weighted by molar-refractivity contribution is 6.33. The van der Waals surface area contributed by atoms with Gasteiger partial charge >= 0.3 is 0 Å². The summed E-state index contributed by atoms with van der Waals surface area (Å²) in [5.74, 6) is -2.37. The van der Waals surface area contributed by atoms with Crippen molar-refractivity contribution < 1.29 is 13.6 Å². The molecule has 0 bridgehead atoms. The lowest BCUT2D eigenvalue weighted by atomic mass is 9.86. The highest BCUT2D eigenvalue weighted by Gasteiger charge is 2.29. The molecule has 2 atom stereocenters. The summed E-state index contributed by atoms with van der Waals surface area (Å²) in [6, 6.07) is 3.54. The number of hydrogen-bond donors (Lipinski definition) is 2. The van der Waals surface area contributed by atoms with Crippen LogP contribution in [0.15, 0.2) is 30.6 Å². The third kappa shape index (κ3) is 4.28. The Hall–Kier alpha value is -2.91. The molecule has 1 aliphatic rings. The fourth-order valence-corrected chi connectivity index (χ4v) is 4.18. The van der Waals surface area contributed by atoms with Gasteiger partial charge in [0.2, 0.25) is 5.82 Å². The maximum Gasteiger partial charge on any atom is 0.289 e. The van der Waals surface area contributed by atoms with E-state index in [0.29, 0.717) is 47.0 Å². The summed E-state index contributed by atoms with van der Waals surface area (Å²) in [5, 5.41) is 10.7. The van der Waals surface area contributed by atoms with E-state index in [1.54, 1.807) is 30.9 Å². The molecule has 0 radical (unpaired) electrons. The summed E-state index contributed by atoms with van der Waals surface area (Å²) >= 11 is 6.20. The van der Waals surface area contributed by atoms with Gasteiger partial charge in [-0.25, -0.2) is 18.7 Å². The van der Waals surface area contributed by atoms with Gasteiger partial charge in [0.15, 0.2) is 11.6 Å². The van der Waals surface area contributed by atoms with Crippen LogP contribution in [0.25, 0.3) is 11.3 Å². The number of rotatable bonds is 4. The van der Waals surface area contributed by atoms with Crippen LogP contribution >= 0.6 is 11.6 Å². The van der Waals surface area contributed by atoms with Crippen LogP contribution in [0.5, 0.6) is 0 Å². The summed E-state index contributed by atoms with van der Waals surface area (Å²) in [4.78, 5) is 21.4. The van der Waals surface area contributed by atoms with Crippen molar-refractivity contribution in [3.05, 3.63) is 64.3 Å². The second kappa shape index (κ2) is 8.68. The summed E-state index contributed by atoms with van der Waals surface area (Å²) in [7, 11) is 1.76. The zero-order chi connectivity index (χ0) is 22.1. The average molecular weight is 447 g/mol. The van der Waals surface area contributed by atoms with Crippen LogP contribution in [0.4, 0.5) is 8.78 Å². The van der Waals surface area contributed by atoms with Crippen molar-refractivity contribution in [1.29, 1.82) is 0 Å². The molecule has 1 amide bonds. The molecular weight excluding hydrogens is 426 g/mol. The third-order valence-corrected chi connectivity index (χ3v) is 5.78. The highest BCUT2D eigenvalue weighted by Crippen LogP contribution is 2.29. The van der Waals surface area contributed by atoms with E-state index in [4.69, 9.17) is 11.6 Å².